The van der Waals surface area contributed by atoms with E-state index in [0.717, 1.165) is 33.3 Å². The molecule has 142 valence electrons. The van der Waals surface area contributed by atoms with E-state index in [1.807, 2.05) is 60.7 Å². The molecule has 4 nitrogen and oxygen atoms in total. The first-order valence-electron chi connectivity index (χ1n) is 9.29. The van der Waals surface area contributed by atoms with Crippen LogP contribution < -0.4 is 5.43 Å². The number of benzene rings is 2. The summed E-state index contributed by atoms with van der Waals surface area (Å²) in [6, 6.07) is 20.7. The number of fused-ring (bicyclic) bond motifs is 2. The van der Waals surface area contributed by atoms with Crippen LogP contribution in [-0.2, 0) is 0 Å². The minimum absolute atomic E-state index is 0.182. The second-order valence-corrected chi connectivity index (χ2v) is 7.28. The van der Waals surface area contributed by atoms with Gasteiger partial charge >= 0.3 is 0 Å². The van der Waals surface area contributed by atoms with Gasteiger partial charge in [-0.05, 0) is 29.8 Å². The molecule has 0 aliphatic carbocycles. The third-order valence-electron chi connectivity index (χ3n) is 4.99. The van der Waals surface area contributed by atoms with Gasteiger partial charge in [-0.3, -0.25) is 9.78 Å². The molecule has 0 aliphatic heterocycles. The fraction of sp³-hybridized carbons (Fsp3) is 0. The van der Waals surface area contributed by atoms with Crippen LogP contribution in [0.15, 0.2) is 77.7 Å². The van der Waals surface area contributed by atoms with Gasteiger partial charge in [0.15, 0.2) is 5.43 Å². The zero-order valence-electron chi connectivity index (χ0n) is 15.7. The lowest BCUT2D eigenvalue weighted by molar-refractivity contribution is 1.25. The molecule has 30 heavy (non-hydrogen) atoms. The minimum Gasteiger partial charge on any atom is -0.333 e. The van der Waals surface area contributed by atoms with Crippen LogP contribution in [0.25, 0.3) is 44.3 Å². The lowest BCUT2D eigenvalue weighted by Crippen LogP contribution is -2.06. The van der Waals surface area contributed by atoms with Gasteiger partial charge in [0.2, 0.25) is 0 Å². The quantitative estimate of drug-likeness (QED) is 0.396. The molecule has 0 spiro atoms. The van der Waals surface area contributed by atoms with Crippen molar-refractivity contribution in [2.75, 3.05) is 0 Å². The van der Waals surface area contributed by atoms with Crippen molar-refractivity contribution in [1.29, 1.82) is 0 Å². The number of hydrogen-bond donors (Lipinski definition) is 1. The number of aromatic amines is 1. The summed E-state index contributed by atoms with van der Waals surface area (Å²) in [6.45, 7) is 0. The van der Waals surface area contributed by atoms with E-state index < -0.39 is 0 Å². The summed E-state index contributed by atoms with van der Waals surface area (Å²) < 4.78 is 0. The average Bonchev–Trinajstić information content (AvgIpc) is 2.78. The maximum atomic E-state index is 12.7. The number of rotatable bonds is 2. The van der Waals surface area contributed by atoms with Crippen LogP contribution in [0, 0.1) is 12.3 Å². The van der Waals surface area contributed by atoms with E-state index in [0.29, 0.717) is 21.7 Å². The third kappa shape index (κ3) is 3.02. The Bertz CT molecular complexity index is 1530. The Kier molecular flexibility index (Phi) is 4.31. The molecule has 0 amide bonds. The predicted octanol–water partition coefficient (Wildman–Crippen LogP) is 5.44. The number of halogens is 1. The highest BCUT2D eigenvalue weighted by atomic mass is 35.5. The van der Waals surface area contributed by atoms with Gasteiger partial charge < -0.3 is 4.98 Å². The molecule has 3 heterocycles. The first-order chi connectivity index (χ1) is 14.6. The van der Waals surface area contributed by atoms with Crippen molar-refractivity contribution in [2.45, 2.75) is 0 Å². The Balaban J connectivity index is 1.88. The summed E-state index contributed by atoms with van der Waals surface area (Å²) in [6.07, 6.45) is 7.19. The van der Waals surface area contributed by atoms with Crippen LogP contribution >= 0.6 is 11.6 Å². The van der Waals surface area contributed by atoms with E-state index in [-0.39, 0.29) is 5.43 Å². The first kappa shape index (κ1) is 18.1. The van der Waals surface area contributed by atoms with Gasteiger partial charge in [0.1, 0.15) is 5.65 Å². The molecule has 5 aromatic rings. The van der Waals surface area contributed by atoms with Crippen molar-refractivity contribution < 1.29 is 0 Å². The molecule has 0 radical (unpaired) electrons. The van der Waals surface area contributed by atoms with Gasteiger partial charge in [-0.2, -0.15) is 0 Å². The molecule has 0 bridgehead atoms. The summed E-state index contributed by atoms with van der Waals surface area (Å²) in [5.41, 5.74) is 4.71. The van der Waals surface area contributed by atoms with E-state index in [1.54, 1.807) is 6.20 Å². The van der Waals surface area contributed by atoms with Crippen LogP contribution in [0.5, 0.6) is 0 Å². The molecule has 0 fully saturated rings. The van der Waals surface area contributed by atoms with Crippen LogP contribution in [0.1, 0.15) is 5.69 Å². The standard InChI is InChI=1S/C25H14ClN3O/c1-2-18-13-22(30)20-14-19(17-11-16-9-6-10-27-24(16)21(26)12-17)23(29-25(20)28-18)15-7-4-3-5-8-15/h1,3-14H,(H,28,29,30). The number of pyridine rings is 3. The van der Waals surface area contributed by atoms with Gasteiger partial charge in [0.25, 0.3) is 0 Å². The molecule has 0 saturated carbocycles. The van der Waals surface area contributed by atoms with E-state index in [1.165, 1.54) is 6.07 Å². The van der Waals surface area contributed by atoms with E-state index >= 15 is 0 Å². The Morgan fingerprint density at radius 3 is 2.60 bits per heavy atom. The van der Waals surface area contributed by atoms with E-state index in [4.69, 9.17) is 23.0 Å². The van der Waals surface area contributed by atoms with E-state index in [9.17, 15) is 4.79 Å². The highest BCUT2D eigenvalue weighted by Crippen LogP contribution is 2.36. The highest BCUT2D eigenvalue weighted by Gasteiger charge is 2.15. The molecule has 2 aromatic carbocycles. The van der Waals surface area contributed by atoms with Crippen molar-refractivity contribution in [1.82, 2.24) is 15.0 Å². The minimum atomic E-state index is -0.182. The molecule has 3 aromatic heterocycles. The molecule has 5 rings (SSSR count). The number of terminal acetylenes is 1. The zero-order valence-corrected chi connectivity index (χ0v) is 16.4. The molecule has 0 atom stereocenters. The van der Waals surface area contributed by atoms with Crippen molar-refractivity contribution >= 4 is 33.5 Å². The maximum absolute atomic E-state index is 12.7. The van der Waals surface area contributed by atoms with Crippen LogP contribution in [0.4, 0.5) is 0 Å². The Morgan fingerprint density at radius 1 is 0.967 bits per heavy atom. The summed E-state index contributed by atoms with van der Waals surface area (Å²) >= 11 is 6.53. The predicted molar refractivity (Wildman–Crippen MR) is 121 cm³/mol. The molecule has 0 saturated heterocycles. The van der Waals surface area contributed by atoms with Crippen molar-refractivity contribution in [2.24, 2.45) is 0 Å². The summed E-state index contributed by atoms with van der Waals surface area (Å²) in [5.74, 6) is 2.47. The molecule has 0 unspecified atom stereocenters. The topological polar surface area (TPSA) is 58.6 Å². The largest absolute Gasteiger partial charge is 0.333 e. The lowest BCUT2D eigenvalue weighted by Gasteiger charge is -2.13. The highest BCUT2D eigenvalue weighted by molar-refractivity contribution is 6.35. The maximum Gasteiger partial charge on any atom is 0.192 e. The lowest BCUT2D eigenvalue weighted by atomic mass is 9.96. The fourth-order valence-corrected chi connectivity index (χ4v) is 3.86. The van der Waals surface area contributed by atoms with Crippen molar-refractivity contribution in [3.63, 3.8) is 0 Å². The van der Waals surface area contributed by atoms with Gasteiger partial charge in [-0.15, -0.1) is 6.42 Å². The number of aromatic nitrogens is 3. The monoisotopic (exact) mass is 407 g/mol. The van der Waals surface area contributed by atoms with Crippen LogP contribution in [0.2, 0.25) is 5.02 Å². The molecular weight excluding hydrogens is 394 g/mol. The van der Waals surface area contributed by atoms with E-state index in [2.05, 4.69) is 15.9 Å². The van der Waals surface area contributed by atoms with Gasteiger partial charge in [-0.25, -0.2) is 4.98 Å². The Hall–Kier alpha value is -3.94. The number of nitrogens with zero attached hydrogens (tertiary/aromatic N) is 2. The number of H-pyrrole nitrogens is 1. The van der Waals surface area contributed by atoms with Gasteiger partial charge in [0, 0.05) is 28.8 Å². The fourth-order valence-electron chi connectivity index (χ4n) is 3.59. The average molecular weight is 408 g/mol. The second kappa shape index (κ2) is 7.14. The van der Waals surface area contributed by atoms with Crippen molar-refractivity contribution in [3.05, 3.63) is 93.9 Å². The summed E-state index contributed by atoms with van der Waals surface area (Å²) in [7, 11) is 0. The Morgan fingerprint density at radius 2 is 1.80 bits per heavy atom. The normalized spacial score (nSPS) is 10.9. The molecule has 5 heteroatoms. The SMILES string of the molecule is C#Cc1cc(=O)c2cc(-c3cc(Cl)c4ncccc4c3)c(-c3ccccc3)nc2[nH]1. The van der Waals surface area contributed by atoms with Gasteiger partial charge in [0.05, 0.1) is 27.3 Å². The smallest absolute Gasteiger partial charge is 0.192 e. The van der Waals surface area contributed by atoms with Crippen LogP contribution in [0.3, 0.4) is 0 Å². The molecule has 1 N–H and O–H groups in total. The summed E-state index contributed by atoms with van der Waals surface area (Å²) in [4.78, 5) is 24.9. The van der Waals surface area contributed by atoms with Crippen molar-refractivity contribution in [3.8, 4) is 34.7 Å². The first-order valence-corrected chi connectivity index (χ1v) is 9.66. The number of hydrogen-bond acceptors (Lipinski definition) is 3. The van der Waals surface area contributed by atoms with Crippen LogP contribution in [-0.4, -0.2) is 15.0 Å². The zero-order chi connectivity index (χ0) is 20.7. The third-order valence-corrected chi connectivity index (χ3v) is 5.28. The Labute approximate surface area is 177 Å². The second-order valence-electron chi connectivity index (χ2n) is 6.87. The molecular formula is C25H14ClN3O. The molecule has 0 aliphatic rings. The number of nitrogens with one attached hydrogen (secondary N) is 1. The summed E-state index contributed by atoms with van der Waals surface area (Å²) in [5, 5.41) is 1.92. The van der Waals surface area contributed by atoms with Gasteiger partial charge in [-0.1, -0.05) is 53.9 Å².